The maximum Gasteiger partial charge on any atom is 0.200 e. The van der Waals surface area contributed by atoms with Crippen molar-refractivity contribution < 1.29 is 4.39 Å². The van der Waals surface area contributed by atoms with Gasteiger partial charge < -0.3 is 9.80 Å². The van der Waals surface area contributed by atoms with E-state index in [0.29, 0.717) is 11.8 Å². The van der Waals surface area contributed by atoms with Crippen molar-refractivity contribution in [3.05, 3.63) is 59.3 Å². The molecule has 140 valence electrons. The maximum absolute atomic E-state index is 15.2. The predicted molar refractivity (Wildman–Crippen MR) is 107 cm³/mol. The first-order valence-corrected chi connectivity index (χ1v) is 9.43. The van der Waals surface area contributed by atoms with E-state index in [1.807, 2.05) is 30.9 Å². The van der Waals surface area contributed by atoms with Gasteiger partial charge in [0.1, 0.15) is 12.0 Å². The SMILES string of the molecule is Cc1cc(F)n(-c2c(C(C)C)cccc2C(C)C)c1N1C=CN(C)[C@@H]1C. The standard InChI is InChI=1S/C22H30FN3/c1-14(2)18-9-8-10-19(15(3)4)21(18)26-20(23)13-16(5)22(26)25-12-11-24(7)17(25)6/h8-15,17H,1-7H3/t17-/m0/s1. The molecule has 4 heteroatoms. The van der Waals surface area contributed by atoms with E-state index in [-0.39, 0.29) is 12.1 Å². The number of benzene rings is 1. The van der Waals surface area contributed by atoms with Crippen molar-refractivity contribution in [2.75, 3.05) is 11.9 Å². The molecule has 1 aromatic heterocycles. The monoisotopic (exact) mass is 355 g/mol. The smallest absolute Gasteiger partial charge is 0.200 e. The van der Waals surface area contributed by atoms with Crippen molar-refractivity contribution in [3.63, 3.8) is 0 Å². The van der Waals surface area contributed by atoms with E-state index in [1.165, 1.54) is 11.1 Å². The average Bonchev–Trinajstić information content (AvgIpc) is 3.05. The van der Waals surface area contributed by atoms with Crippen LogP contribution in [-0.4, -0.2) is 22.7 Å². The van der Waals surface area contributed by atoms with Crippen LogP contribution in [0.1, 0.15) is 63.1 Å². The second-order valence-corrected chi connectivity index (χ2v) is 7.91. The van der Waals surface area contributed by atoms with E-state index in [4.69, 9.17) is 0 Å². The van der Waals surface area contributed by atoms with Gasteiger partial charge in [0.25, 0.3) is 0 Å². The summed E-state index contributed by atoms with van der Waals surface area (Å²) in [5.74, 6) is 1.33. The molecule has 0 saturated carbocycles. The summed E-state index contributed by atoms with van der Waals surface area (Å²) < 4.78 is 17.0. The highest BCUT2D eigenvalue weighted by molar-refractivity contribution is 5.63. The highest BCUT2D eigenvalue weighted by Gasteiger charge is 2.29. The fraction of sp³-hybridized carbons (Fsp3) is 0.455. The van der Waals surface area contributed by atoms with E-state index in [9.17, 15) is 0 Å². The zero-order valence-electron chi connectivity index (χ0n) is 16.9. The summed E-state index contributed by atoms with van der Waals surface area (Å²) in [4.78, 5) is 4.28. The van der Waals surface area contributed by atoms with E-state index in [1.54, 1.807) is 6.07 Å². The Bertz CT molecular complexity index is 806. The van der Waals surface area contributed by atoms with Crippen LogP contribution in [0.4, 0.5) is 10.2 Å². The van der Waals surface area contributed by atoms with Crippen molar-refractivity contribution >= 4 is 5.82 Å². The maximum atomic E-state index is 15.2. The molecule has 0 saturated heterocycles. The lowest BCUT2D eigenvalue weighted by Gasteiger charge is -2.30. The number of rotatable bonds is 4. The Morgan fingerprint density at radius 1 is 1.00 bits per heavy atom. The normalized spacial score (nSPS) is 17.2. The van der Waals surface area contributed by atoms with E-state index in [0.717, 1.165) is 17.1 Å². The second kappa shape index (κ2) is 6.82. The van der Waals surface area contributed by atoms with Gasteiger partial charge in [-0.3, -0.25) is 4.57 Å². The Morgan fingerprint density at radius 2 is 1.58 bits per heavy atom. The molecule has 0 aliphatic carbocycles. The largest absolute Gasteiger partial charge is 0.359 e. The van der Waals surface area contributed by atoms with E-state index in [2.05, 4.69) is 62.6 Å². The number of halogens is 1. The lowest BCUT2D eigenvalue weighted by Crippen LogP contribution is -2.35. The summed E-state index contributed by atoms with van der Waals surface area (Å²) in [6.45, 7) is 12.8. The number of aromatic nitrogens is 1. The Hall–Kier alpha value is -2.23. The molecule has 0 spiro atoms. The molecule has 1 aromatic carbocycles. The zero-order chi connectivity index (χ0) is 19.2. The molecule has 0 bridgehead atoms. The highest BCUT2D eigenvalue weighted by atomic mass is 19.1. The van der Waals surface area contributed by atoms with Crippen LogP contribution in [-0.2, 0) is 0 Å². The van der Waals surface area contributed by atoms with Gasteiger partial charge in [-0.2, -0.15) is 4.39 Å². The second-order valence-electron chi connectivity index (χ2n) is 7.91. The molecule has 2 heterocycles. The van der Waals surface area contributed by atoms with Crippen molar-refractivity contribution in [1.29, 1.82) is 0 Å². The minimum absolute atomic E-state index is 0.149. The molecule has 1 aliphatic heterocycles. The van der Waals surface area contributed by atoms with Crippen LogP contribution in [0, 0.1) is 12.9 Å². The number of hydrogen-bond acceptors (Lipinski definition) is 2. The predicted octanol–water partition coefficient (Wildman–Crippen LogP) is 5.74. The number of para-hydroxylation sites is 1. The molecule has 1 aliphatic rings. The molecule has 1 atom stereocenters. The Labute approximate surface area is 156 Å². The highest BCUT2D eigenvalue weighted by Crippen LogP contribution is 2.38. The molecule has 0 unspecified atom stereocenters. The molecule has 0 radical (unpaired) electrons. The molecule has 0 fully saturated rings. The van der Waals surface area contributed by atoms with Crippen LogP contribution in [0.5, 0.6) is 0 Å². The van der Waals surface area contributed by atoms with Crippen LogP contribution >= 0.6 is 0 Å². The lowest BCUT2D eigenvalue weighted by atomic mass is 9.92. The number of nitrogens with zero attached hydrogens (tertiary/aromatic N) is 3. The quantitative estimate of drug-likeness (QED) is 0.693. The number of aryl methyl sites for hydroxylation is 1. The topological polar surface area (TPSA) is 11.4 Å². The van der Waals surface area contributed by atoms with E-state index >= 15 is 4.39 Å². The first kappa shape index (κ1) is 18.6. The molecule has 0 N–H and O–H groups in total. The van der Waals surface area contributed by atoms with Gasteiger partial charge in [-0.05, 0) is 48.4 Å². The molecule has 2 aromatic rings. The van der Waals surface area contributed by atoms with Gasteiger partial charge in [0.05, 0.1) is 5.69 Å². The fourth-order valence-electron chi connectivity index (χ4n) is 3.76. The summed E-state index contributed by atoms with van der Waals surface area (Å²) in [5.41, 5.74) is 4.29. The Kier molecular flexibility index (Phi) is 4.87. The van der Waals surface area contributed by atoms with Gasteiger partial charge in [0.15, 0.2) is 5.95 Å². The molecule has 3 rings (SSSR count). The minimum atomic E-state index is -0.206. The lowest BCUT2D eigenvalue weighted by molar-refractivity contribution is 0.380. The van der Waals surface area contributed by atoms with Crippen molar-refractivity contribution in [1.82, 2.24) is 9.47 Å². The van der Waals surface area contributed by atoms with Gasteiger partial charge in [-0.25, -0.2) is 0 Å². The van der Waals surface area contributed by atoms with Gasteiger partial charge in [-0.1, -0.05) is 45.9 Å². The van der Waals surface area contributed by atoms with Gasteiger partial charge in [0.2, 0.25) is 0 Å². The summed E-state index contributed by atoms with van der Waals surface area (Å²) in [6, 6.07) is 7.99. The molecule has 26 heavy (non-hydrogen) atoms. The summed E-state index contributed by atoms with van der Waals surface area (Å²) in [5, 5.41) is 0. The van der Waals surface area contributed by atoms with Crippen LogP contribution in [0.3, 0.4) is 0 Å². The molecular formula is C22H30FN3. The Balaban J connectivity index is 2.31. The summed E-state index contributed by atoms with van der Waals surface area (Å²) in [7, 11) is 2.04. The summed E-state index contributed by atoms with van der Waals surface area (Å²) in [6.07, 6.45) is 4.22. The van der Waals surface area contributed by atoms with Gasteiger partial charge >= 0.3 is 0 Å². The molecule has 3 nitrogen and oxygen atoms in total. The molecule has 0 amide bonds. The minimum Gasteiger partial charge on any atom is -0.359 e. The first-order valence-electron chi connectivity index (χ1n) is 9.43. The van der Waals surface area contributed by atoms with Crippen molar-refractivity contribution in [3.8, 4) is 5.69 Å². The average molecular weight is 356 g/mol. The van der Waals surface area contributed by atoms with Gasteiger partial charge in [-0.15, -0.1) is 0 Å². The number of anilines is 1. The van der Waals surface area contributed by atoms with Crippen LogP contribution < -0.4 is 4.90 Å². The molecular weight excluding hydrogens is 325 g/mol. The Morgan fingerprint density at radius 3 is 2.04 bits per heavy atom. The fourth-order valence-corrected chi connectivity index (χ4v) is 3.76. The number of hydrogen-bond donors (Lipinski definition) is 0. The van der Waals surface area contributed by atoms with Crippen LogP contribution in [0.25, 0.3) is 5.69 Å². The van der Waals surface area contributed by atoms with Crippen LogP contribution in [0.15, 0.2) is 36.7 Å². The first-order chi connectivity index (χ1) is 12.2. The van der Waals surface area contributed by atoms with E-state index < -0.39 is 0 Å². The third-order valence-electron chi connectivity index (χ3n) is 5.38. The van der Waals surface area contributed by atoms with Gasteiger partial charge in [0, 0.05) is 19.4 Å². The third kappa shape index (κ3) is 2.91. The zero-order valence-corrected chi connectivity index (χ0v) is 16.9. The van der Waals surface area contributed by atoms with Crippen molar-refractivity contribution in [2.24, 2.45) is 0 Å². The summed E-state index contributed by atoms with van der Waals surface area (Å²) >= 11 is 0. The van der Waals surface area contributed by atoms with Crippen LogP contribution in [0.2, 0.25) is 0 Å². The third-order valence-corrected chi connectivity index (χ3v) is 5.38. The van der Waals surface area contributed by atoms with Crippen molar-refractivity contribution in [2.45, 2.75) is 59.5 Å².